The molecule has 0 unspecified atom stereocenters. The molecule has 0 N–H and O–H groups in total. The van der Waals surface area contributed by atoms with Crippen LogP contribution < -0.4 is 0 Å². The first-order chi connectivity index (χ1) is 10.2. The Morgan fingerprint density at radius 2 is 0.320 bits per heavy atom. The van der Waals surface area contributed by atoms with Gasteiger partial charge in [-0.3, -0.25) is 0 Å². The van der Waals surface area contributed by atoms with Crippen molar-refractivity contribution in [3.8, 4) is 0 Å². The maximum atomic E-state index is 12.6. The summed E-state index contributed by atoms with van der Waals surface area (Å²) in [6.07, 6.45) is 0. The van der Waals surface area contributed by atoms with Crippen molar-refractivity contribution in [2.45, 2.75) is 35.5 Å². The molecule has 0 aliphatic rings. The van der Waals surface area contributed by atoms with Crippen LogP contribution >= 0.6 is 5.94 Å². The molecule has 0 saturated carbocycles. The summed E-state index contributed by atoms with van der Waals surface area (Å²) in [4.78, 5) is 0. The van der Waals surface area contributed by atoms with Gasteiger partial charge in [-0.2, -0.15) is 0 Å². The summed E-state index contributed by atoms with van der Waals surface area (Å²) < 4.78 is 227. The third-order valence-corrected chi connectivity index (χ3v) is 11.4. The summed E-state index contributed by atoms with van der Waals surface area (Å²) in [6, 6.07) is 0. The average molecular weight is 445 g/mol. The molecule has 0 aromatic rings. The zero-order valence-electron chi connectivity index (χ0n) is 10.3. The minimum atomic E-state index is -15.5. The topological polar surface area (TPSA) is 0 Å². The van der Waals surface area contributed by atoms with Crippen molar-refractivity contribution in [1.29, 1.82) is 0 Å². The van der Waals surface area contributed by atoms with Crippen LogP contribution in [0.1, 0.15) is 0 Å². The Labute approximate surface area is 122 Å². The predicted octanol–water partition coefficient (Wildman–Crippen LogP) is 7.19. The predicted molar refractivity (Wildman–Crippen MR) is 43.2 cm³/mol. The third kappa shape index (κ3) is 1.31. The molecular weight excluding hydrogens is 445 g/mol. The fourth-order valence-electron chi connectivity index (χ4n) is 2.16. The Morgan fingerprint density at radius 3 is 0.320 bits per heavy atom. The molecule has 0 heterocycles. The molecule has 0 radical (unpaired) electrons. The molecular formula is C6F18P-. The minimum absolute atomic E-state index is 9.96. The standard InChI is InChI=1S/C6F18P/c7-1(8,9)25(2(10,11)12,3(13,14)15,4(16,17)18,5(19,20)21)6(22,23)24/q-1. The quantitative estimate of drug-likeness (QED) is 0.274. The zero-order chi connectivity index (χ0) is 21.4. The van der Waals surface area contributed by atoms with Crippen LogP contribution in [0, 0.1) is 0 Å². The van der Waals surface area contributed by atoms with E-state index in [-0.39, 0.29) is 0 Å². The first-order valence-corrected chi connectivity index (χ1v) is 7.43. The molecule has 0 fully saturated rings. The van der Waals surface area contributed by atoms with E-state index in [9.17, 15) is 79.0 Å². The van der Waals surface area contributed by atoms with E-state index in [1.807, 2.05) is 0 Å². The summed E-state index contributed by atoms with van der Waals surface area (Å²) >= 11 is 0. The summed E-state index contributed by atoms with van der Waals surface area (Å²) in [5.41, 5.74) is 0. The van der Waals surface area contributed by atoms with E-state index < -0.39 is 41.4 Å². The number of alkyl halides is 18. The van der Waals surface area contributed by atoms with E-state index in [1.54, 1.807) is 0 Å². The molecule has 0 aromatic heterocycles. The SMILES string of the molecule is FC(F)(F)[P-](C(F)(F)F)(C(F)(F)F)(C(F)(F)F)(C(F)(F)F)C(F)(F)F. The Balaban J connectivity index is 9.10. The van der Waals surface area contributed by atoms with Crippen LogP contribution in [-0.2, 0) is 0 Å². The number of halogens is 18. The normalized spacial score (nSPS) is 19.4. The van der Waals surface area contributed by atoms with Gasteiger partial charge in [0.15, 0.2) is 0 Å². The second-order valence-corrected chi connectivity index (χ2v) is 10.9. The van der Waals surface area contributed by atoms with Crippen molar-refractivity contribution in [3.63, 3.8) is 0 Å². The van der Waals surface area contributed by atoms with Gasteiger partial charge in [-0.05, 0) is 0 Å². The Hall–Kier alpha value is -0.830. The van der Waals surface area contributed by atoms with Gasteiger partial charge in [0.05, 0.1) is 0 Å². The van der Waals surface area contributed by atoms with E-state index in [4.69, 9.17) is 0 Å². The molecule has 0 bridgehead atoms. The molecule has 25 heavy (non-hydrogen) atoms. The van der Waals surface area contributed by atoms with Crippen LogP contribution in [0.25, 0.3) is 0 Å². The van der Waals surface area contributed by atoms with Crippen LogP contribution in [0.4, 0.5) is 79.0 Å². The van der Waals surface area contributed by atoms with Gasteiger partial charge in [-0.15, -0.1) is 0 Å². The molecule has 0 aromatic carbocycles. The van der Waals surface area contributed by atoms with Gasteiger partial charge in [-0.1, -0.05) is 0 Å². The molecule has 0 aliphatic heterocycles. The van der Waals surface area contributed by atoms with Crippen LogP contribution in [0.3, 0.4) is 0 Å². The summed E-state index contributed by atoms with van der Waals surface area (Å²) in [5, 5.41) is 0. The number of hydrogen-bond acceptors (Lipinski definition) is 0. The van der Waals surface area contributed by atoms with Crippen LogP contribution in [0.15, 0.2) is 0 Å². The molecule has 0 atom stereocenters. The molecule has 0 nitrogen and oxygen atoms in total. The molecule has 0 amide bonds. The van der Waals surface area contributed by atoms with E-state index in [2.05, 4.69) is 0 Å². The molecule has 0 spiro atoms. The molecule has 0 saturated heterocycles. The summed E-state index contributed by atoms with van der Waals surface area (Å²) in [7, 11) is 0. The second-order valence-electron chi connectivity index (χ2n) is 4.48. The van der Waals surface area contributed by atoms with E-state index in [0.29, 0.717) is 0 Å². The Bertz CT molecular complexity index is 395. The molecule has 19 heteroatoms. The molecule has 156 valence electrons. The van der Waals surface area contributed by atoms with Crippen molar-refractivity contribution < 1.29 is 79.0 Å². The van der Waals surface area contributed by atoms with Crippen molar-refractivity contribution in [1.82, 2.24) is 0 Å². The van der Waals surface area contributed by atoms with Crippen molar-refractivity contribution in [2.24, 2.45) is 0 Å². The Morgan fingerprint density at radius 1 is 0.240 bits per heavy atom. The second kappa shape index (κ2) is 4.52. The monoisotopic (exact) mass is 445 g/mol. The van der Waals surface area contributed by atoms with Crippen molar-refractivity contribution in [3.05, 3.63) is 0 Å². The summed E-state index contributed by atoms with van der Waals surface area (Å²) in [5.74, 6) is -75.2. The van der Waals surface area contributed by atoms with E-state index in [0.717, 1.165) is 0 Å². The Kier molecular flexibility index (Phi) is 4.37. The number of hydrogen-bond donors (Lipinski definition) is 0. The first-order valence-electron chi connectivity index (χ1n) is 4.74. The first kappa shape index (κ1) is 24.2. The van der Waals surface area contributed by atoms with E-state index in [1.165, 1.54) is 0 Å². The maximum absolute atomic E-state index is 15.5. The number of rotatable bonds is 0. The summed E-state index contributed by atoms with van der Waals surface area (Å²) in [6.45, 7) is 0. The van der Waals surface area contributed by atoms with Gasteiger partial charge in [0.1, 0.15) is 0 Å². The fourth-order valence-corrected chi connectivity index (χ4v) is 6.47. The van der Waals surface area contributed by atoms with Crippen LogP contribution in [0.2, 0.25) is 0 Å². The zero-order valence-corrected chi connectivity index (χ0v) is 11.1. The average Bonchev–Trinajstić information content (AvgIpc) is 2.00. The van der Waals surface area contributed by atoms with Crippen LogP contribution in [-0.4, -0.2) is 35.5 Å². The van der Waals surface area contributed by atoms with Gasteiger partial charge < -0.3 is 0 Å². The van der Waals surface area contributed by atoms with Gasteiger partial charge in [0.2, 0.25) is 0 Å². The van der Waals surface area contributed by atoms with Gasteiger partial charge in [0, 0.05) is 0 Å². The van der Waals surface area contributed by atoms with Gasteiger partial charge in [-0.25, -0.2) is 0 Å². The van der Waals surface area contributed by atoms with E-state index >= 15 is 0 Å². The molecule has 0 aliphatic carbocycles. The molecule has 0 rings (SSSR count). The van der Waals surface area contributed by atoms with Crippen molar-refractivity contribution in [2.75, 3.05) is 0 Å². The van der Waals surface area contributed by atoms with Crippen molar-refractivity contribution >= 4 is 5.94 Å². The van der Waals surface area contributed by atoms with Gasteiger partial charge in [0.25, 0.3) is 0 Å². The van der Waals surface area contributed by atoms with Gasteiger partial charge >= 0.3 is 120 Å². The third-order valence-electron chi connectivity index (χ3n) is 3.80. The van der Waals surface area contributed by atoms with Crippen LogP contribution in [0.5, 0.6) is 0 Å². The fraction of sp³-hybridized carbons (Fsp3) is 1.00.